The van der Waals surface area contributed by atoms with Crippen molar-refractivity contribution >= 4 is 22.4 Å². The molecule has 1 amide bonds. The quantitative estimate of drug-likeness (QED) is 0.643. The Morgan fingerprint density at radius 1 is 1.14 bits per heavy atom. The number of benzene rings is 2. The Morgan fingerprint density at radius 2 is 1.82 bits per heavy atom. The lowest BCUT2D eigenvalue weighted by Gasteiger charge is -2.37. The number of anilines is 1. The first-order chi connectivity index (χ1) is 13.5. The molecule has 1 fully saturated rings. The van der Waals surface area contributed by atoms with Gasteiger partial charge in [0, 0.05) is 23.1 Å². The van der Waals surface area contributed by atoms with Gasteiger partial charge in [-0.05, 0) is 64.0 Å². The molecule has 2 aromatic carbocycles. The average Bonchev–Trinajstić information content (AvgIpc) is 2.71. The van der Waals surface area contributed by atoms with E-state index in [1.54, 1.807) is 0 Å². The first kappa shape index (κ1) is 20.7. The summed E-state index contributed by atoms with van der Waals surface area (Å²) in [5.74, 6) is 1.48. The van der Waals surface area contributed by atoms with Crippen molar-refractivity contribution in [1.29, 1.82) is 0 Å². The number of rotatable bonds is 7. The van der Waals surface area contributed by atoms with Gasteiger partial charge in [0.15, 0.2) is 0 Å². The van der Waals surface area contributed by atoms with E-state index in [1.807, 2.05) is 43.3 Å². The minimum absolute atomic E-state index is 0.0259. The van der Waals surface area contributed by atoms with Crippen LogP contribution in [-0.4, -0.2) is 24.2 Å². The second-order valence-corrected chi connectivity index (χ2v) is 8.06. The Balaban J connectivity index is 1.89. The molecule has 1 N–H and O–H groups in total. The molecular formula is C24H33NO3. The normalized spacial score (nSPS) is 23.4. The predicted octanol–water partition coefficient (Wildman–Crippen LogP) is 5.94. The summed E-state index contributed by atoms with van der Waals surface area (Å²) in [5, 5.41) is 5.18. The molecule has 0 aromatic heterocycles. The number of hydrogen-bond acceptors (Lipinski definition) is 3. The lowest BCUT2D eigenvalue weighted by atomic mass is 9.78. The van der Waals surface area contributed by atoms with Gasteiger partial charge >= 0.3 is 0 Å². The Kier molecular flexibility index (Phi) is 6.61. The summed E-state index contributed by atoms with van der Waals surface area (Å²) < 4.78 is 12.1. The maximum Gasteiger partial charge on any atom is 0.256 e. The highest BCUT2D eigenvalue weighted by molar-refractivity contribution is 6.06. The summed E-state index contributed by atoms with van der Waals surface area (Å²) >= 11 is 0. The molecule has 0 heterocycles. The van der Waals surface area contributed by atoms with Crippen molar-refractivity contribution in [2.45, 2.75) is 71.5 Å². The van der Waals surface area contributed by atoms with Gasteiger partial charge in [0.1, 0.15) is 11.4 Å². The number of amides is 1. The van der Waals surface area contributed by atoms with Gasteiger partial charge in [-0.2, -0.15) is 0 Å². The highest BCUT2D eigenvalue weighted by Gasteiger charge is 2.42. The molecule has 0 aliphatic heterocycles. The van der Waals surface area contributed by atoms with Crippen LogP contribution in [0, 0.1) is 5.92 Å². The van der Waals surface area contributed by atoms with Gasteiger partial charge in [0.25, 0.3) is 5.91 Å². The fourth-order valence-electron chi connectivity index (χ4n) is 3.96. The van der Waals surface area contributed by atoms with Crippen LogP contribution in [0.2, 0.25) is 0 Å². The molecule has 1 aliphatic carbocycles. The number of nitrogens with one attached hydrogen (secondary N) is 1. The SMILES string of the molecule is CCOC1(C(=O)Nc2ccc(O[C@H](C)CC)c3ccccc23)CCC(C)CC1. The second kappa shape index (κ2) is 8.95. The van der Waals surface area contributed by atoms with E-state index >= 15 is 0 Å². The van der Waals surface area contributed by atoms with E-state index < -0.39 is 5.60 Å². The van der Waals surface area contributed by atoms with Gasteiger partial charge < -0.3 is 14.8 Å². The molecule has 2 aromatic rings. The zero-order valence-corrected chi connectivity index (χ0v) is 17.6. The minimum atomic E-state index is -0.714. The molecule has 4 nitrogen and oxygen atoms in total. The van der Waals surface area contributed by atoms with E-state index in [0.717, 1.165) is 54.3 Å². The van der Waals surface area contributed by atoms with Gasteiger partial charge in [-0.25, -0.2) is 0 Å². The van der Waals surface area contributed by atoms with Crippen LogP contribution in [0.5, 0.6) is 5.75 Å². The van der Waals surface area contributed by atoms with Crippen molar-refractivity contribution in [2.75, 3.05) is 11.9 Å². The van der Waals surface area contributed by atoms with Crippen molar-refractivity contribution in [3.8, 4) is 5.75 Å². The molecule has 0 spiro atoms. The van der Waals surface area contributed by atoms with E-state index in [4.69, 9.17) is 9.47 Å². The molecule has 1 saturated carbocycles. The number of carbonyl (C=O) groups is 1. The Labute approximate surface area is 168 Å². The van der Waals surface area contributed by atoms with Gasteiger partial charge in [-0.3, -0.25) is 4.79 Å². The van der Waals surface area contributed by atoms with Crippen molar-refractivity contribution in [2.24, 2.45) is 5.92 Å². The predicted molar refractivity (Wildman–Crippen MR) is 115 cm³/mol. The van der Waals surface area contributed by atoms with Gasteiger partial charge in [-0.15, -0.1) is 0 Å². The first-order valence-electron chi connectivity index (χ1n) is 10.6. The third-order valence-corrected chi connectivity index (χ3v) is 5.95. The summed E-state index contributed by atoms with van der Waals surface area (Å²) in [4.78, 5) is 13.3. The highest BCUT2D eigenvalue weighted by Crippen LogP contribution is 2.37. The molecule has 0 unspecified atom stereocenters. The van der Waals surface area contributed by atoms with Gasteiger partial charge in [0.05, 0.1) is 6.10 Å². The number of hydrogen-bond donors (Lipinski definition) is 1. The Bertz CT molecular complexity index is 809. The van der Waals surface area contributed by atoms with E-state index in [0.29, 0.717) is 12.5 Å². The lowest BCUT2D eigenvalue weighted by molar-refractivity contribution is -0.146. The largest absolute Gasteiger partial charge is 0.490 e. The monoisotopic (exact) mass is 383 g/mol. The summed E-state index contributed by atoms with van der Waals surface area (Å²) in [6, 6.07) is 12.0. The smallest absolute Gasteiger partial charge is 0.256 e. The average molecular weight is 384 g/mol. The third kappa shape index (κ3) is 4.33. The van der Waals surface area contributed by atoms with Crippen molar-refractivity contribution in [1.82, 2.24) is 0 Å². The zero-order valence-electron chi connectivity index (χ0n) is 17.6. The van der Waals surface area contributed by atoms with E-state index in [2.05, 4.69) is 26.1 Å². The summed E-state index contributed by atoms with van der Waals surface area (Å²) in [6.07, 6.45) is 4.70. The lowest BCUT2D eigenvalue weighted by Crippen LogP contribution is -2.48. The first-order valence-corrected chi connectivity index (χ1v) is 10.6. The van der Waals surface area contributed by atoms with Crippen LogP contribution in [-0.2, 0) is 9.53 Å². The van der Waals surface area contributed by atoms with Gasteiger partial charge in [0.2, 0.25) is 0 Å². The molecule has 1 aliphatic rings. The summed E-state index contributed by atoms with van der Waals surface area (Å²) in [6.45, 7) is 8.94. The molecule has 4 heteroatoms. The zero-order chi connectivity index (χ0) is 20.1. The third-order valence-electron chi connectivity index (χ3n) is 5.95. The fraction of sp³-hybridized carbons (Fsp3) is 0.542. The minimum Gasteiger partial charge on any atom is -0.490 e. The van der Waals surface area contributed by atoms with Gasteiger partial charge in [-0.1, -0.05) is 38.1 Å². The van der Waals surface area contributed by atoms with Crippen molar-refractivity contribution in [3.63, 3.8) is 0 Å². The van der Waals surface area contributed by atoms with Crippen LogP contribution < -0.4 is 10.1 Å². The molecule has 152 valence electrons. The molecule has 28 heavy (non-hydrogen) atoms. The van der Waals surface area contributed by atoms with E-state index in [9.17, 15) is 4.79 Å². The fourth-order valence-corrected chi connectivity index (χ4v) is 3.96. The number of ether oxygens (including phenoxy) is 2. The topological polar surface area (TPSA) is 47.6 Å². The number of fused-ring (bicyclic) bond motifs is 1. The Hall–Kier alpha value is -2.07. The Morgan fingerprint density at radius 3 is 2.46 bits per heavy atom. The molecule has 0 radical (unpaired) electrons. The highest BCUT2D eigenvalue weighted by atomic mass is 16.5. The van der Waals surface area contributed by atoms with Crippen LogP contribution in [0.25, 0.3) is 10.8 Å². The molecule has 1 atom stereocenters. The summed E-state index contributed by atoms with van der Waals surface area (Å²) in [7, 11) is 0. The van der Waals surface area contributed by atoms with E-state index in [1.165, 1.54) is 0 Å². The van der Waals surface area contributed by atoms with Crippen molar-refractivity contribution in [3.05, 3.63) is 36.4 Å². The molecular weight excluding hydrogens is 350 g/mol. The van der Waals surface area contributed by atoms with Crippen LogP contribution in [0.1, 0.15) is 59.8 Å². The van der Waals surface area contributed by atoms with Crippen LogP contribution in [0.3, 0.4) is 0 Å². The van der Waals surface area contributed by atoms with Crippen LogP contribution in [0.15, 0.2) is 36.4 Å². The van der Waals surface area contributed by atoms with Crippen molar-refractivity contribution < 1.29 is 14.3 Å². The summed E-state index contributed by atoms with van der Waals surface area (Å²) in [5.41, 5.74) is 0.101. The maximum absolute atomic E-state index is 13.3. The molecule has 0 saturated heterocycles. The van der Waals surface area contributed by atoms with Crippen LogP contribution >= 0.6 is 0 Å². The number of carbonyl (C=O) groups excluding carboxylic acids is 1. The molecule has 3 rings (SSSR count). The van der Waals surface area contributed by atoms with Crippen LogP contribution in [0.4, 0.5) is 5.69 Å². The standard InChI is InChI=1S/C24H33NO3/c1-5-18(4)28-22-12-11-21(19-9-7-8-10-20(19)22)25-23(26)24(27-6-2)15-13-17(3)14-16-24/h7-12,17-18H,5-6,13-16H2,1-4H3,(H,25,26)/t17?,18-,24?/m1/s1. The second-order valence-electron chi connectivity index (χ2n) is 8.06. The van der Waals surface area contributed by atoms with E-state index in [-0.39, 0.29) is 12.0 Å². The maximum atomic E-state index is 13.3. The molecule has 0 bridgehead atoms.